The molecule has 0 radical (unpaired) electrons. The molecule has 192 valence electrons. The predicted octanol–water partition coefficient (Wildman–Crippen LogP) is 3.60. The van der Waals surface area contributed by atoms with Crippen LogP contribution in [0.15, 0.2) is 52.7 Å². The van der Waals surface area contributed by atoms with Gasteiger partial charge in [0.25, 0.3) is 15.9 Å². The van der Waals surface area contributed by atoms with Crippen molar-refractivity contribution in [2.24, 2.45) is 0 Å². The number of rotatable bonds is 6. The first kappa shape index (κ1) is 26.0. The minimum absolute atomic E-state index is 0.133. The quantitative estimate of drug-likeness (QED) is 0.231. The Labute approximate surface area is 217 Å². The number of sulfonamides is 1. The summed E-state index contributed by atoms with van der Waals surface area (Å²) in [6, 6.07) is 6.19. The van der Waals surface area contributed by atoms with Crippen LogP contribution in [0, 0.1) is 15.9 Å². The van der Waals surface area contributed by atoms with Crippen LogP contribution < -0.4 is 20.3 Å². The Kier molecular flexibility index (Phi) is 6.86. The second-order valence-electron chi connectivity index (χ2n) is 7.50. The van der Waals surface area contributed by atoms with E-state index in [1.54, 1.807) is 11.8 Å². The number of fused-ring (bicyclic) bond motifs is 1. The Morgan fingerprint density at radius 2 is 1.84 bits per heavy atom. The zero-order chi connectivity index (χ0) is 27.1. The zero-order valence-corrected chi connectivity index (χ0v) is 20.9. The van der Waals surface area contributed by atoms with Gasteiger partial charge in [0.15, 0.2) is 0 Å². The van der Waals surface area contributed by atoms with Gasteiger partial charge in [-0.25, -0.2) is 27.2 Å². The number of carbonyl (C=O) groups is 3. The van der Waals surface area contributed by atoms with Crippen molar-refractivity contribution in [3.8, 4) is 0 Å². The first-order chi connectivity index (χ1) is 17.4. The molecule has 1 unspecified atom stereocenters. The Hall–Kier alpha value is -4.08. The Balaban J connectivity index is 1.60. The molecule has 16 heteroatoms. The maximum atomic E-state index is 15.0. The molecule has 0 aliphatic carbocycles. The molecule has 12 nitrogen and oxygen atoms in total. The second kappa shape index (κ2) is 9.76. The summed E-state index contributed by atoms with van der Waals surface area (Å²) < 4.78 is 41.2. The molecular weight excluding hydrogens is 553 g/mol. The molecule has 1 aliphatic heterocycles. The topological polar surface area (TPSA) is 168 Å². The number of benzene rings is 2. The molecule has 0 spiro atoms. The SMILES string of the molecule is CNc1ccc2c(c1)C([N+](=O)[O-])C(=O)N(c1ccc(NC(=O)NS(=O)(=O)c3ccc(Cl)s3)cc1F)C2=O. The van der Waals surface area contributed by atoms with Crippen molar-refractivity contribution in [2.45, 2.75) is 10.3 Å². The summed E-state index contributed by atoms with van der Waals surface area (Å²) in [7, 11) is -2.69. The monoisotopic (exact) mass is 567 g/mol. The number of hydrogen-bond donors (Lipinski definition) is 3. The van der Waals surface area contributed by atoms with E-state index in [4.69, 9.17) is 11.6 Å². The van der Waals surface area contributed by atoms with E-state index >= 15 is 4.39 Å². The van der Waals surface area contributed by atoms with Gasteiger partial charge in [0, 0.05) is 23.3 Å². The summed E-state index contributed by atoms with van der Waals surface area (Å²) in [5, 5.41) is 16.6. The molecule has 2 heterocycles. The zero-order valence-electron chi connectivity index (χ0n) is 18.5. The molecule has 3 aromatic rings. The van der Waals surface area contributed by atoms with Gasteiger partial charge in [-0.3, -0.25) is 19.7 Å². The van der Waals surface area contributed by atoms with Gasteiger partial charge in [-0.2, -0.15) is 0 Å². The van der Waals surface area contributed by atoms with Gasteiger partial charge in [-0.15, -0.1) is 11.3 Å². The van der Waals surface area contributed by atoms with Crippen LogP contribution in [0.3, 0.4) is 0 Å². The molecule has 37 heavy (non-hydrogen) atoms. The van der Waals surface area contributed by atoms with Crippen molar-refractivity contribution in [2.75, 3.05) is 22.6 Å². The van der Waals surface area contributed by atoms with Crippen LogP contribution in [0.4, 0.5) is 26.2 Å². The lowest BCUT2D eigenvalue weighted by molar-refractivity contribution is -0.513. The molecule has 3 N–H and O–H groups in total. The second-order valence-corrected chi connectivity index (χ2v) is 11.1. The van der Waals surface area contributed by atoms with E-state index in [1.807, 2.05) is 0 Å². The average Bonchev–Trinajstić information content (AvgIpc) is 3.27. The number of nitrogens with zero attached hydrogens (tertiary/aromatic N) is 2. The third kappa shape index (κ3) is 4.96. The maximum Gasteiger partial charge on any atom is 0.333 e. The summed E-state index contributed by atoms with van der Waals surface area (Å²) in [5.74, 6) is -3.42. The summed E-state index contributed by atoms with van der Waals surface area (Å²) in [6.07, 6.45) is 0. The Bertz CT molecular complexity index is 1580. The fourth-order valence-electron chi connectivity index (χ4n) is 3.58. The molecule has 4 rings (SSSR count). The smallest absolute Gasteiger partial charge is 0.333 e. The Morgan fingerprint density at radius 1 is 1.14 bits per heavy atom. The molecule has 0 bridgehead atoms. The van der Waals surface area contributed by atoms with Gasteiger partial charge >= 0.3 is 18.0 Å². The highest BCUT2D eigenvalue weighted by molar-refractivity contribution is 7.92. The van der Waals surface area contributed by atoms with Gasteiger partial charge in [0.2, 0.25) is 0 Å². The van der Waals surface area contributed by atoms with E-state index < -0.39 is 50.3 Å². The van der Waals surface area contributed by atoms with Crippen LogP contribution in [0.2, 0.25) is 4.34 Å². The lowest BCUT2D eigenvalue weighted by atomic mass is 9.93. The predicted molar refractivity (Wildman–Crippen MR) is 133 cm³/mol. The fraction of sp³-hybridized carbons (Fsp3) is 0.0952. The fourth-order valence-corrected chi connectivity index (χ4v) is 5.97. The third-order valence-electron chi connectivity index (χ3n) is 5.22. The molecule has 2 aromatic carbocycles. The number of anilines is 3. The van der Waals surface area contributed by atoms with Gasteiger partial charge < -0.3 is 10.6 Å². The number of nitro groups is 1. The standard InChI is InChI=1S/C21H15ClFN5O7S2/c1-24-10-2-4-12-13(8-10)18(28(32)33)20(30)27(19(12)29)15-5-3-11(9-14(15)23)25-21(31)26-37(34,35)17-7-6-16(22)36-17/h2-9,18,24H,1H3,(H2,25,26,31). The van der Waals surface area contributed by atoms with Crippen LogP contribution in [0.25, 0.3) is 0 Å². The lowest BCUT2D eigenvalue weighted by Gasteiger charge is -2.29. The molecule has 0 fully saturated rings. The van der Waals surface area contributed by atoms with E-state index in [-0.39, 0.29) is 25.4 Å². The molecule has 1 atom stereocenters. The molecule has 0 saturated carbocycles. The van der Waals surface area contributed by atoms with Crippen LogP contribution >= 0.6 is 22.9 Å². The minimum atomic E-state index is -4.24. The van der Waals surface area contributed by atoms with Crippen LogP contribution in [-0.4, -0.2) is 38.2 Å². The third-order valence-corrected chi connectivity index (χ3v) is 8.27. The molecular formula is C21H15ClFN5O7S2. The summed E-state index contributed by atoms with van der Waals surface area (Å²) in [6.45, 7) is 0. The van der Waals surface area contributed by atoms with Crippen molar-refractivity contribution in [1.82, 2.24) is 4.72 Å². The first-order valence-electron chi connectivity index (χ1n) is 10.1. The van der Waals surface area contributed by atoms with Crippen molar-refractivity contribution in [3.05, 3.63) is 79.9 Å². The van der Waals surface area contributed by atoms with Crippen molar-refractivity contribution in [3.63, 3.8) is 0 Å². The molecule has 1 aliphatic rings. The van der Waals surface area contributed by atoms with E-state index in [2.05, 4.69) is 10.6 Å². The number of halogens is 2. The van der Waals surface area contributed by atoms with E-state index in [1.165, 1.54) is 30.3 Å². The van der Waals surface area contributed by atoms with Crippen LogP contribution in [-0.2, 0) is 14.8 Å². The average molecular weight is 568 g/mol. The lowest BCUT2D eigenvalue weighted by Crippen LogP contribution is -2.47. The molecule has 4 amide bonds. The highest BCUT2D eigenvalue weighted by Gasteiger charge is 2.47. The molecule has 1 aromatic heterocycles. The summed E-state index contributed by atoms with van der Waals surface area (Å²) in [4.78, 5) is 49.4. The summed E-state index contributed by atoms with van der Waals surface area (Å²) >= 11 is 6.43. The van der Waals surface area contributed by atoms with Gasteiger partial charge in [-0.05, 0) is 48.5 Å². The number of hydrogen-bond acceptors (Lipinski definition) is 9. The van der Waals surface area contributed by atoms with Gasteiger partial charge in [0.05, 0.1) is 21.2 Å². The maximum absolute atomic E-state index is 15.0. The van der Waals surface area contributed by atoms with E-state index in [9.17, 15) is 32.9 Å². The Morgan fingerprint density at radius 3 is 2.43 bits per heavy atom. The van der Waals surface area contributed by atoms with Crippen molar-refractivity contribution in [1.29, 1.82) is 0 Å². The van der Waals surface area contributed by atoms with Crippen LogP contribution in [0.5, 0.6) is 0 Å². The first-order valence-corrected chi connectivity index (χ1v) is 12.8. The van der Waals surface area contributed by atoms with E-state index in [0.29, 0.717) is 10.6 Å². The largest absolute Gasteiger partial charge is 0.388 e. The number of thiophene rings is 1. The highest BCUT2D eigenvalue weighted by Crippen LogP contribution is 2.36. The number of imide groups is 1. The highest BCUT2D eigenvalue weighted by atomic mass is 35.5. The van der Waals surface area contributed by atoms with Gasteiger partial charge in [0.1, 0.15) is 10.0 Å². The molecule has 0 saturated heterocycles. The van der Waals surface area contributed by atoms with Gasteiger partial charge in [-0.1, -0.05) is 11.6 Å². The number of carbonyl (C=O) groups excluding carboxylic acids is 3. The summed E-state index contributed by atoms with van der Waals surface area (Å²) in [5.41, 5.74) is -0.660. The number of nitrogens with one attached hydrogen (secondary N) is 3. The number of urea groups is 1. The van der Waals surface area contributed by atoms with Crippen molar-refractivity contribution >= 4 is 67.9 Å². The number of amides is 4. The van der Waals surface area contributed by atoms with E-state index in [0.717, 1.165) is 29.5 Å². The van der Waals surface area contributed by atoms with Crippen molar-refractivity contribution < 1.29 is 32.1 Å². The normalized spacial score (nSPS) is 15.2. The van der Waals surface area contributed by atoms with Crippen LogP contribution in [0.1, 0.15) is 22.0 Å². The minimum Gasteiger partial charge on any atom is -0.388 e.